The van der Waals surface area contributed by atoms with Crippen LogP contribution in [0.4, 0.5) is 16.2 Å². The molecule has 2 aliphatic rings. The summed E-state index contributed by atoms with van der Waals surface area (Å²) in [5.41, 5.74) is 2.74. The van der Waals surface area contributed by atoms with Crippen molar-refractivity contribution in [2.75, 3.05) is 29.5 Å². The summed E-state index contributed by atoms with van der Waals surface area (Å²) >= 11 is 0. The average molecular weight is 290 g/mol. The normalized spacial score (nSPS) is 20.7. The van der Waals surface area contributed by atoms with Gasteiger partial charge in [0.25, 0.3) is 0 Å². The van der Waals surface area contributed by atoms with Crippen molar-refractivity contribution in [2.24, 2.45) is 0 Å². The number of aliphatic hydroxyl groups excluding tert-OH is 1. The van der Waals surface area contributed by atoms with E-state index in [1.807, 2.05) is 25.1 Å². The first-order valence-corrected chi connectivity index (χ1v) is 7.16. The lowest BCUT2D eigenvalue weighted by Crippen LogP contribution is -2.28. The van der Waals surface area contributed by atoms with Gasteiger partial charge in [-0.15, -0.1) is 0 Å². The molecular formula is C15H18N2O4. The Balaban J connectivity index is 1.85. The van der Waals surface area contributed by atoms with E-state index in [-0.39, 0.29) is 12.5 Å². The third kappa shape index (κ3) is 2.35. The van der Waals surface area contributed by atoms with Crippen LogP contribution in [0.1, 0.15) is 18.9 Å². The van der Waals surface area contributed by atoms with Gasteiger partial charge in [0.15, 0.2) is 0 Å². The van der Waals surface area contributed by atoms with Crippen LogP contribution in [0.25, 0.3) is 0 Å². The van der Waals surface area contributed by atoms with Gasteiger partial charge in [-0.3, -0.25) is 9.69 Å². The standard InChI is InChI=1S/C15H18N2O4/c1-2-14(19)16-6-5-10-7-11(3-4-13(10)16)17-8-12(9-18)21-15(17)20/h3-4,7,12,18H,2,5-6,8-9H2,1H3. The zero-order valence-corrected chi connectivity index (χ0v) is 11.9. The van der Waals surface area contributed by atoms with Crippen LogP contribution in [0.15, 0.2) is 18.2 Å². The molecule has 1 aromatic rings. The van der Waals surface area contributed by atoms with Gasteiger partial charge in [0.05, 0.1) is 13.2 Å². The van der Waals surface area contributed by atoms with E-state index in [9.17, 15) is 9.59 Å². The van der Waals surface area contributed by atoms with Crippen LogP contribution >= 0.6 is 0 Å². The molecule has 1 fully saturated rings. The molecule has 1 aromatic carbocycles. The number of ether oxygens (including phenoxy) is 1. The summed E-state index contributed by atoms with van der Waals surface area (Å²) in [6.07, 6.45) is 0.372. The zero-order chi connectivity index (χ0) is 15.0. The van der Waals surface area contributed by atoms with Crippen LogP contribution < -0.4 is 9.80 Å². The second kappa shape index (κ2) is 5.37. The molecule has 1 atom stereocenters. The highest BCUT2D eigenvalue weighted by Gasteiger charge is 2.33. The molecule has 112 valence electrons. The van der Waals surface area contributed by atoms with Crippen molar-refractivity contribution in [3.8, 4) is 0 Å². The predicted octanol–water partition coefficient (Wildman–Crippen LogP) is 1.30. The van der Waals surface area contributed by atoms with Gasteiger partial charge in [-0.05, 0) is 30.2 Å². The number of anilines is 2. The van der Waals surface area contributed by atoms with Gasteiger partial charge in [0.2, 0.25) is 5.91 Å². The summed E-state index contributed by atoms with van der Waals surface area (Å²) in [4.78, 5) is 27.0. The molecule has 1 unspecified atom stereocenters. The Morgan fingerprint density at radius 3 is 2.95 bits per heavy atom. The van der Waals surface area contributed by atoms with E-state index in [0.717, 1.165) is 23.4 Å². The molecule has 21 heavy (non-hydrogen) atoms. The molecule has 0 aliphatic carbocycles. The van der Waals surface area contributed by atoms with Gasteiger partial charge >= 0.3 is 6.09 Å². The third-order valence-electron chi connectivity index (χ3n) is 3.95. The van der Waals surface area contributed by atoms with E-state index < -0.39 is 12.2 Å². The fraction of sp³-hybridized carbons (Fsp3) is 0.467. The van der Waals surface area contributed by atoms with Crippen LogP contribution in [0.3, 0.4) is 0 Å². The molecule has 0 spiro atoms. The van der Waals surface area contributed by atoms with Gasteiger partial charge in [-0.1, -0.05) is 6.92 Å². The maximum absolute atomic E-state index is 11.9. The van der Waals surface area contributed by atoms with Crippen molar-refractivity contribution in [2.45, 2.75) is 25.9 Å². The van der Waals surface area contributed by atoms with Gasteiger partial charge < -0.3 is 14.7 Å². The fourth-order valence-electron chi connectivity index (χ4n) is 2.83. The number of aliphatic hydroxyl groups is 1. The molecule has 2 amide bonds. The second-order valence-corrected chi connectivity index (χ2v) is 5.26. The van der Waals surface area contributed by atoms with Crippen LogP contribution in [0.2, 0.25) is 0 Å². The van der Waals surface area contributed by atoms with E-state index in [4.69, 9.17) is 9.84 Å². The minimum atomic E-state index is -0.469. The Morgan fingerprint density at radius 1 is 1.48 bits per heavy atom. The number of cyclic esters (lactones) is 1. The number of amides is 2. The molecule has 2 aliphatic heterocycles. The highest BCUT2D eigenvalue weighted by molar-refractivity contribution is 5.96. The maximum atomic E-state index is 11.9. The molecule has 6 heteroatoms. The van der Waals surface area contributed by atoms with E-state index in [1.54, 1.807) is 4.90 Å². The molecular weight excluding hydrogens is 272 g/mol. The van der Waals surface area contributed by atoms with E-state index in [0.29, 0.717) is 19.5 Å². The van der Waals surface area contributed by atoms with E-state index in [2.05, 4.69) is 0 Å². The van der Waals surface area contributed by atoms with Gasteiger partial charge in [-0.25, -0.2) is 4.79 Å². The van der Waals surface area contributed by atoms with Gasteiger partial charge in [0, 0.05) is 24.3 Å². The summed E-state index contributed by atoms with van der Waals surface area (Å²) in [5.74, 6) is 0.113. The minimum Gasteiger partial charge on any atom is -0.441 e. The third-order valence-corrected chi connectivity index (χ3v) is 3.95. The number of nitrogens with zero attached hydrogens (tertiary/aromatic N) is 2. The SMILES string of the molecule is CCC(=O)N1CCc2cc(N3CC(CO)OC3=O)ccc21. The first-order chi connectivity index (χ1) is 10.1. The van der Waals surface area contributed by atoms with Crippen molar-refractivity contribution in [3.05, 3.63) is 23.8 Å². The van der Waals surface area contributed by atoms with E-state index in [1.165, 1.54) is 4.90 Å². The zero-order valence-electron chi connectivity index (χ0n) is 11.9. The lowest BCUT2D eigenvalue weighted by molar-refractivity contribution is -0.118. The lowest BCUT2D eigenvalue weighted by Gasteiger charge is -2.18. The largest absolute Gasteiger partial charge is 0.441 e. The van der Waals surface area contributed by atoms with Crippen molar-refractivity contribution < 1.29 is 19.4 Å². The highest BCUT2D eigenvalue weighted by atomic mass is 16.6. The van der Waals surface area contributed by atoms with E-state index >= 15 is 0 Å². The second-order valence-electron chi connectivity index (χ2n) is 5.26. The Kier molecular flexibility index (Phi) is 3.55. The van der Waals surface area contributed by atoms with Crippen LogP contribution in [0.5, 0.6) is 0 Å². The molecule has 1 saturated heterocycles. The van der Waals surface area contributed by atoms with Gasteiger partial charge in [0.1, 0.15) is 6.10 Å². The van der Waals surface area contributed by atoms with Crippen molar-refractivity contribution in [1.82, 2.24) is 0 Å². The predicted molar refractivity (Wildman–Crippen MR) is 77.5 cm³/mol. The van der Waals surface area contributed by atoms with Crippen molar-refractivity contribution >= 4 is 23.4 Å². The van der Waals surface area contributed by atoms with Crippen LogP contribution in [-0.2, 0) is 16.0 Å². The molecule has 0 radical (unpaired) electrons. The fourth-order valence-corrected chi connectivity index (χ4v) is 2.83. The maximum Gasteiger partial charge on any atom is 0.414 e. The number of carbonyl (C=O) groups is 2. The summed E-state index contributed by atoms with van der Waals surface area (Å²) < 4.78 is 5.05. The number of carbonyl (C=O) groups excluding carboxylic acids is 2. The molecule has 0 aromatic heterocycles. The average Bonchev–Trinajstić information content (AvgIpc) is 3.09. The van der Waals surface area contributed by atoms with Crippen molar-refractivity contribution in [3.63, 3.8) is 0 Å². The van der Waals surface area contributed by atoms with Crippen LogP contribution in [0, 0.1) is 0 Å². The molecule has 0 bridgehead atoms. The lowest BCUT2D eigenvalue weighted by atomic mass is 10.1. The number of hydrogen-bond donors (Lipinski definition) is 1. The monoisotopic (exact) mass is 290 g/mol. The minimum absolute atomic E-state index is 0.113. The Morgan fingerprint density at radius 2 is 2.29 bits per heavy atom. The number of fused-ring (bicyclic) bond motifs is 1. The smallest absolute Gasteiger partial charge is 0.414 e. The van der Waals surface area contributed by atoms with Crippen molar-refractivity contribution in [1.29, 1.82) is 0 Å². The molecule has 3 rings (SSSR count). The summed E-state index contributed by atoms with van der Waals surface area (Å²) in [6.45, 7) is 2.72. The Hall–Kier alpha value is -2.08. The quantitative estimate of drug-likeness (QED) is 0.911. The summed E-state index contributed by atoms with van der Waals surface area (Å²) in [5, 5.41) is 9.08. The number of benzene rings is 1. The summed E-state index contributed by atoms with van der Waals surface area (Å²) in [7, 11) is 0. The number of hydrogen-bond acceptors (Lipinski definition) is 4. The Labute approximate surface area is 122 Å². The molecule has 1 N–H and O–H groups in total. The summed E-state index contributed by atoms with van der Waals surface area (Å²) in [6, 6.07) is 5.63. The van der Waals surface area contributed by atoms with Crippen LogP contribution in [-0.4, -0.2) is 42.9 Å². The highest BCUT2D eigenvalue weighted by Crippen LogP contribution is 2.33. The first-order valence-electron chi connectivity index (χ1n) is 7.16. The molecule has 0 saturated carbocycles. The Bertz CT molecular complexity index is 587. The molecule has 2 heterocycles. The van der Waals surface area contributed by atoms with Gasteiger partial charge in [-0.2, -0.15) is 0 Å². The first kappa shape index (κ1) is 13.9. The molecule has 6 nitrogen and oxygen atoms in total. The number of rotatable bonds is 3. The topological polar surface area (TPSA) is 70.1 Å².